The second-order valence-electron chi connectivity index (χ2n) is 9.51. The van der Waals surface area contributed by atoms with Crippen LogP contribution in [0.4, 0.5) is 5.95 Å². The number of nitrogens with one attached hydrogen (secondary N) is 1. The van der Waals surface area contributed by atoms with Gasteiger partial charge in [-0.05, 0) is 62.6 Å². The number of hydrogen-bond acceptors (Lipinski definition) is 4. The highest BCUT2D eigenvalue weighted by Gasteiger charge is 2.39. The number of fused-ring (bicyclic) bond motifs is 2. The summed E-state index contributed by atoms with van der Waals surface area (Å²) in [5, 5.41) is 1.05. The maximum absolute atomic E-state index is 13.1. The Morgan fingerprint density at radius 1 is 1.12 bits per heavy atom. The number of nitrogens with zero attached hydrogens (tertiary/aromatic N) is 3. The van der Waals surface area contributed by atoms with Crippen molar-refractivity contribution in [2.75, 3.05) is 4.90 Å². The van der Waals surface area contributed by atoms with Crippen LogP contribution >= 0.6 is 0 Å². The molecule has 0 unspecified atom stereocenters. The van der Waals surface area contributed by atoms with Gasteiger partial charge in [-0.25, -0.2) is 4.98 Å². The maximum atomic E-state index is 13.1. The van der Waals surface area contributed by atoms with Crippen LogP contribution in [0.25, 0.3) is 33.3 Å². The van der Waals surface area contributed by atoms with Gasteiger partial charge in [-0.15, -0.1) is 0 Å². The van der Waals surface area contributed by atoms with Crippen LogP contribution in [-0.4, -0.2) is 26.1 Å². The van der Waals surface area contributed by atoms with E-state index in [1.807, 2.05) is 18.3 Å². The number of benzene rings is 2. The summed E-state index contributed by atoms with van der Waals surface area (Å²) in [6.07, 6.45) is 1.95. The third-order valence-electron chi connectivity index (χ3n) is 6.37. The van der Waals surface area contributed by atoms with E-state index < -0.39 is 0 Å². The predicted octanol–water partition coefficient (Wildman–Crippen LogP) is 4.52. The van der Waals surface area contributed by atoms with Gasteiger partial charge in [0.25, 0.3) is 5.56 Å². The van der Waals surface area contributed by atoms with Crippen LogP contribution in [-0.2, 0) is 13.1 Å². The number of nitrogens with two attached hydrogens (primary N) is 1. The number of aromatic nitrogens is 3. The van der Waals surface area contributed by atoms with Gasteiger partial charge < -0.3 is 15.6 Å². The van der Waals surface area contributed by atoms with Gasteiger partial charge in [-0.3, -0.25) is 9.36 Å². The first-order valence-corrected chi connectivity index (χ1v) is 11.1. The van der Waals surface area contributed by atoms with Crippen molar-refractivity contribution in [2.24, 2.45) is 5.73 Å². The zero-order chi connectivity index (χ0) is 22.6. The van der Waals surface area contributed by atoms with Crippen molar-refractivity contribution in [3.05, 3.63) is 70.6 Å². The minimum absolute atomic E-state index is 0.0117. The summed E-state index contributed by atoms with van der Waals surface area (Å²) in [7, 11) is 0. The Balaban J connectivity index is 1.66. The lowest BCUT2D eigenvalue weighted by atomic mass is 10.00. The standard InChI is InChI=1S/C26H29N5O/c1-16(2)31-25-29-23(12-24(32)30(25)15-26(31,3)4)21-14-28-22-9-8-19(11-20(21)22)18-7-5-6-17(10-18)13-27/h5-12,14,16,28H,13,15,27H2,1-4H3. The minimum atomic E-state index is -0.159. The fourth-order valence-corrected chi connectivity index (χ4v) is 5.02. The van der Waals surface area contributed by atoms with Crippen molar-refractivity contribution < 1.29 is 0 Å². The second-order valence-corrected chi connectivity index (χ2v) is 9.51. The summed E-state index contributed by atoms with van der Waals surface area (Å²) >= 11 is 0. The Bertz CT molecular complexity index is 1380. The molecule has 0 saturated heterocycles. The van der Waals surface area contributed by atoms with E-state index in [0.29, 0.717) is 18.8 Å². The molecule has 2 aromatic carbocycles. The molecule has 0 atom stereocenters. The lowest BCUT2D eigenvalue weighted by molar-refractivity contribution is 0.425. The summed E-state index contributed by atoms with van der Waals surface area (Å²) in [5.41, 5.74) is 11.6. The number of anilines is 1. The first kappa shape index (κ1) is 20.5. The zero-order valence-corrected chi connectivity index (χ0v) is 19.0. The number of H-pyrrole nitrogens is 1. The predicted molar refractivity (Wildman–Crippen MR) is 131 cm³/mol. The van der Waals surface area contributed by atoms with Crippen molar-refractivity contribution in [1.29, 1.82) is 0 Å². The van der Waals surface area contributed by atoms with Crippen molar-refractivity contribution >= 4 is 16.9 Å². The molecule has 1 aliphatic heterocycles. The van der Waals surface area contributed by atoms with Gasteiger partial charge in [0.15, 0.2) is 0 Å². The molecular weight excluding hydrogens is 398 g/mol. The third kappa shape index (κ3) is 3.22. The van der Waals surface area contributed by atoms with Crippen LogP contribution < -0.4 is 16.2 Å². The van der Waals surface area contributed by atoms with E-state index in [-0.39, 0.29) is 17.1 Å². The quantitative estimate of drug-likeness (QED) is 0.502. The van der Waals surface area contributed by atoms with Gasteiger partial charge >= 0.3 is 0 Å². The van der Waals surface area contributed by atoms with Crippen molar-refractivity contribution in [1.82, 2.24) is 14.5 Å². The van der Waals surface area contributed by atoms with Crippen molar-refractivity contribution in [2.45, 2.75) is 52.4 Å². The van der Waals surface area contributed by atoms with E-state index in [0.717, 1.165) is 39.1 Å². The molecule has 3 N–H and O–H groups in total. The molecule has 3 heterocycles. The minimum Gasteiger partial charge on any atom is -0.360 e. The smallest absolute Gasteiger partial charge is 0.255 e. The lowest BCUT2D eigenvalue weighted by Gasteiger charge is -2.35. The van der Waals surface area contributed by atoms with Gasteiger partial charge in [0.2, 0.25) is 5.95 Å². The first-order chi connectivity index (χ1) is 15.3. The summed E-state index contributed by atoms with van der Waals surface area (Å²) in [6, 6.07) is 16.5. The average Bonchev–Trinajstić information content (AvgIpc) is 3.30. The number of rotatable bonds is 4. The molecule has 0 spiro atoms. The van der Waals surface area contributed by atoms with E-state index in [1.54, 1.807) is 10.6 Å². The van der Waals surface area contributed by atoms with E-state index >= 15 is 0 Å². The van der Waals surface area contributed by atoms with Crippen LogP contribution in [0.5, 0.6) is 0 Å². The highest BCUT2D eigenvalue weighted by atomic mass is 16.1. The van der Waals surface area contributed by atoms with Crippen molar-refractivity contribution in [3.8, 4) is 22.4 Å². The van der Waals surface area contributed by atoms with Gasteiger partial charge in [-0.1, -0.05) is 24.3 Å². The Hall–Kier alpha value is -3.38. The normalized spacial score (nSPS) is 15.0. The molecule has 0 saturated carbocycles. The summed E-state index contributed by atoms with van der Waals surface area (Å²) in [4.78, 5) is 23.6. The Kier molecular flexibility index (Phi) is 4.71. The van der Waals surface area contributed by atoms with Crippen LogP contribution in [0, 0.1) is 0 Å². The van der Waals surface area contributed by atoms with Gasteiger partial charge in [0.05, 0.1) is 17.8 Å². The third-order valence-corrected chi connectivity index (χ3v) is 6.37. The molecule has 1 aliphatic rings. The summed E-state index contributed by atoms with van der Waals surface area (Å²) < 4.78 is 1.79. The molecule has 2 aromatic heterocycles. The fraction of sp³-hybridized carbons (Fsp3) is 0.308. The highest BCUT2D eigenvalue weighted by molar-refractivity contribution is 5.97. The molecule has 5 rings (SSSR count). The fourth-order valence-electron chi connectivity index (χ4n) is 5.02. The summed E-state index contributed by atoms with van der Waals surface area (Å²) in [5.74, 6) is 0.744. The first-order valence-electron chi connectivity index (χ1n) is 11.1. The van der Waals surface area contributed by atoms with Crippen LogP contribution in [0.1, 0.15) is 33.3 Å². The van der Waals surface area contributed by atoms with Crippen LogP contribution in [0.15, 0.2) is 59.5 Å². The van der Waals surface area contributed by atoms with Crippen LogP contribution in [0.2, 0.25) is 0 Å². The second kappa shape index (κ2) is 7.35. The molecule has 6 nitrogen and oxygen atoms in total. The van der Waals surface area contributed by atoms with Gasteiger partial charge in [0.1, 0.15) is 0 Å². The Labute approximate surface area is 187 Å². The van der Waals surface area contributed by atoms with Gasteiger partial charge in [-0.2, -0.15) is 0 Å². The molecule has 164 valence electrons. The molecular formula is C26H29N5O. The summed E-state index contributed by atoms with van der Waals surface area (Å²) in [6.45, 7) is 9.76. The highest BCUT2D eigenvalue weighted by Crippen LogP contribution is 2.36. The van der Waals surface area contributed by atoms with E-state index in [4.69, 9.17) is 10.7 Å². The monoisotopic (exact) mass is 427 g/mol. The molecule has 32 heavy (non-hydrogen) atoms. The molecule has 0 amide bonds. The average molecular weight is 428 g/mol. The lowest BCUT2D eigenvalue weighted by Crippen LogP contribution is -2.45. The molecule has 0 radical (unpaired) electrons. The van der Waals surface area contributed by atoms with Crippen molar-refractivity contribution in [3.63, 3.8) is 0 Å². The number of hydrogen-bond donors (Lipinski definition) is 2. The van der Waals surface area contributed by atoms with E-state index in [2.05, 4.69) is 67.9 Å². The van der Waals surface area contributed by atoms with Crippen LogP contribution in [0.3, 0.4) is 0 Å². The number of aromatic amines is 1. The topological polar surface area (TPSA) is 79.9 Å². The maximum Gasteiger partial charge on any atom is 0.255 e. The molecule has 0 fully saturated rings. The molecule has 4 aromatic rings. The SMILES string of the molecule is CC(C)N1c2nc(-c3c[nH]c4ccc(-c5cccc(CN)c5)cc34)cc(=O)n2CC1(C)C. The molecule has 0 aliphatic carbocycles. The molecule has 0 bridgehead atoms. The zero-order valence-electron chi connectivity index (χ0n) is 19.0. The van der Waals surface area contributed by atoms with Gasteiger partial charge in [0, 0.05) is 41.3 Å². The Morgan fingerprint density at radius 3 is 2.66 bits per heavy atom. The Morgan fingerprint density at radius 2 is 1.91 bits per heavy atom. The van der Waals surface area contributed by atoms with E-state index in [9.17, 15) is 4.79 Å². The van der Waals surface area contributed by atoms with E-state index in [1.165, 1.54) is 0 Å². The largest absolute Gasteiger partial charge is 0.360 e. The molecule has 6 heteroatoms.